The predicted octanol–water partition coefficient (Wildman–Crippen LogP) is 0.00420. The zero-order valence-electron chi connectivity index (χ0n) is 7.96. The lowest BCUT2D eigenvalue weighted by Crippen LogP contribution is -2.48. The van der Waals surface area contributed by atoms with Crippen molar-refractivity contribution in [2.24, 2.45) is 11.5 Å². The third kappa shape index (κ3) is 2.79. The standard InChI is InChI=1S/C8H18N2O2/c1-4-8(2,12-3)6(9)5-7(10)11/h6H,4-5,9H2,1-3H3,(H2,10,11). The van der Waals surface area contributed by atoms with Crippen LogP contribution in [0.2, 0.25) is 0 Å². The molecule has 0 fully saturated rings. The Balaban J connectivity index is 4.20. The average molecular weight is 174 g/mol. The molecule has 0 bridgehead atoms. The molecule has 0 aliphatic heterocycles. The van der Waals surface area contributed by atoms with Crippen molar-refractivity contribution >= 4 is 5.91 Å². The molecule has 72 valence electrons. The smallest absolute Gasteiger partial charge is 0.219 e. The van der Waals surface area contributed by atoms with Crippen LogP contribution in [-0.4, -0.2) is 24.7 Å². The molecule has 2 unspecified atom stereocenters. The third-order valence-electron chi connectivity index (χ3n) is 2.37. The quantitative estimate of drug-likeness (QED) is 0.616. The van der Waals surface area contributed by atoms with Gasteiger partial charge in [-0.05, 0) is 13.3 Å². The first kappa shape index (κ1) is 11.4. The van der Waals surface area contributed by atoms with Crippen LogP contribution in [0.3, 0.4) is 0 Å². The summed E-state index contributed by atoms with van der Waals surface area (Å²) in [6.07, 6.45) is 0.927. The summed E-state index contributed by atoms with van der Waals surface area (Å²) < 4.78 is 5.22. The number of primary amides is 1. The van der Waals surface area contributed by atoms with Crippen LogP contribution in [0.1, 0.15) is 26.7 Å². The molecule has 0 spiro atoms. The highest BCUT2D eigenvalue weighted by molar-refractivity contribution is 5.74. The summed E-state index contributed by atoms with van der Waals surface area (Å²) in [6.45, 7) is 3.84. The van der Waals surface area contributed by atoms with Crippen molar-refractivity contribution in [3.8, 4) is 0 Å². The van der Waals surface area contributed by atoms with Gasteiger partial charge in [-0.15, -0.1) is 0 Å². The first-order chi connectivity index (χ1) is 5.46. The minimum Gasteiger partial charge on any atom is -0.377 e. The normalized spacial score (nSPS) is 18.3. The summed E-state index contributed by atoms with van der Waals surface area (Å²) in [4.78, 5) is 10.6. The summed E-state index contributed by atoms with van der Waals surface area (Å²) in [6, 6.07) is -0.329. The van der Waals surface area contributed by atoms with E-state index in [1.165, 1.54) is 0 Å². The van der Waals surface area contributed by atoms with E-state index >= 15 is 0 Å². The van der Waals surface area contributed by atoms with Gasteiger partial charge in [-0.3, -0.25) is 4.79 Å². The molecule has 0 saturated heterocycles. The Kier molecular flexibility index (Phi) is 4.20. The highest BCUT2D eigenvalue weighted by Crippen LogP contribution is 2.19. The average Bonchev–Trinajstić information content (AvgIpc) is 2.02. The van der Waals surface area contributed by atoms with Crippen LogP contribution in [-0.2, 0) is 9.53 Å². The molecular weight excluding hydrogens is 156 g/mol. The number of rotatable bonds is 5. The maximum Gasteiger partial charge on any atom is 0.219 e. The van der Waals surface area contributed by atoms with Crippen LogP contribution < -0.4 is 11.5 Å². The van der Waals surface area contributed by atoms with Gasteiger partial charge in [-0.1, -0.05) is 6.92 Å². The molecule has 0 aromatic carbocycles. The molecule has 2 atom stereocenters. The molecule has 4 heteroatoms. The second-order valence-corrected chi connectivity index (χ2v) is 3.15. The second kappa shape index (κ2) is 4.42. The number of hydrogen-bond donors (Lipinski definition) is 2. The Bertz CT molecular complexity index is 155. The van der Waals surface area contributed by atoms with E-state index in [-0.39, 0.29) is 18.4 Å². The van der Waals surface area contributed by atoms with Gasteiger partial charge in [0.05, 0.1) is 5.60 Å². The van der Waals surface area contributed by atoms with E-state index in [0.29, 0.717) is 0 Å². The number of amides is 1. The molecule has 0 rings (SSSR count). The van der Waals surface area contributed by atoms with Gasteiger partial charge in [0.25, 0.3) is 0 Å². The van der Waals surface area contributed by atoms with Crippen LogP contribution in [0.4, 0.5) is 0 Å². The predicted molar refractivity (Wildman–Crippen MR) is 47.5 cm³/mol. The van der Waals surface area contributed by atoms with Crippen molar-refractivity contribution < 1.29 is 9.53 Å². The Morgan fingerprint density at radius 3 is 2.42 bits per heavy atom. The Labute approximate surface area is 73.2 Å². The number of carbonyl (C=O) groups is 1. The summed E-state index contributed by atoms with van der Waals surface area (Å²) >= 11 is 0. The maximum atomic E-state index is 10.6. The van der Waals surface area contributed by atoms with Crippen molar-refractivity contribution in [2.75, 3.05) is 7.11 Å². The van der Waals surface area contributed by atoms with Crippen LogP contribution >= 0.6 is 0 Å². The van der Waals surface area contributed by atoms with E-state index in [2.05, 4.69) is 0 Å². The Hall–Kier alpha value is -0.610. The van der Waals surface area contributed by atoms with Crippen molar-refractivity contribution in [3.63, 3.8) is 0 Å². The van der Waals surface area contributed by atoms with Gasteiger partial charge in [0.1, 0.15) is 0 Å². The number of hydrogen-bond acceptors (Lipinski definition) is 3. The van der Waals surface area contributed by atoms with Crippen molar-refractivity contribution in [2.45, 2.75) is 38.3 Å². The zero-order chi connectivity index (χ0) is 9.78. The number of nitrogens with two attached hydrogens (primary N) is 2. The summed E-state index contributed by atoms with van der Waals surface area (Å²) in [5, 5.41) is 0. The lowest BCUT2D eigenvalue weighted by atomic mass is 9.91. The fourth-order valence-electron chi connectivity index (χ4n) is 0.991. The van der Waals surface area contributed by atoms with Gasteiger partial charge in [-0.25, -0.2) is 0 Å². The fourth-order valence-corrected chi connectivity index (χ4v) is 0.991. The lowest BCUT2D eigenvalue weighted by Gasteiger charge is -2.32. The zero-order valence-corrected chi connectivity index (χ0v) is 7.96. The minimum absolute atomic E-state index is 0.165. The summed E-state index contributed by atoms with van der Waals surface area (Å²) in [5.41, 5.74) is 10.3. The first-order valence-electron chi connectivity index (χ1n) is 4.05. The van der Waals surface area contributed by atoms with Crippen LogP contribution in [0.5, 0.6) is 0 Å². The van der Waals surface area contributed by atoms with Gasteiger partial charge in [0, 0.05) is 19.6 Å². The van der Waals surface area contributed by atoms with Crippen LogP contribution in [0.15, 0.2) is 0 Å². The van der Waals surface area contributed by atoms with E-state index in [9.17, 15) is 4.79 Å². The van der Waals surface area contributed by atoms with Crippen molar-refractivity contribution in [3.05, 3.63) is 0 Å². The first-order valence-corrected chi connectivity index (χ1v) is 4.05. The molecule has 4 N–H and O–H groups in total. The van der Waals surface area contributed by atoms with E-state index in [4.69, 9.17) is 16.2 Å². The number of ether oxygens (including phenoxy) is 1. The molecule has 0 radical (unpaired) electrons. The van der Waals surface area contributed by atoms with Crippen molar-refractivity contribution in [1.82, 2.24) is 0 Å². The highest BCUT2D eigenvalue weighted by Gasteiger charge is 2.30. The molecule has 1 amide bonds. The van der Waals surface area contributed by atoms with Gasteiger partial charge < -0.3 is 16.2 Å². The van der Waals surface area contributed by atoms with E-state index in [1.807, 2.05) is 13.8 Å². The maximum absolute atomic E-state index is 10.6. The number of carbonyl (C=O) groups excluding carboxylic acids is 1. The molecule has 12 heavy (non-hydrogen) atoms. The largest absolute Gasteiger partial charge is 0.377 e. The third-order valence-corrected chi connectivity index (χ3v) is 2.37. The second-order valence-electron chi connectivity index (χ2n) is 3.15. The van der Waals surface area contributed by atoms with E-state index < -0.39 is 5.60 Å². The summed E-state index contributed by atoms with van der Waals surface area (Å²) in [7, 11) is 1.59. The topological polar surface area (TPSA) is 78.3 Å². The Morgan fingerprint density at radius 1 is 1.67 bits per heavy atom. The molecular formula is C8H18N2O2. The highest BCUT2D eigenvalue weighted by atomic mass is 16.5. The van der Waals surface area contributed by atoms with Gasteiger partial charge in [0.2, 0.25) is 5.91 Å². The van der Waals surface area contributed by atoms with Crippen LogP contribution in [0.25, 0.3) is 0 Å². The Morgan fingerprint density at radius 2 is 2.17 bits per heavy atom. The molecule has 0 aliphatic rings. The molecule has 0 saturated carbocycles. The molecule has 0 aromatic heterocycles. The van der Waals surface area contributed by atoms with Gasteiger partial charge in [0.15, 0.2) is 0 Å². The SMILES string of the molecule is CCC(C)(OC)C(N)CC(N)=O. The van der Waals surface area contributed by atoms with Crippen LogP contribution in [0, 0.1) is 0 Å². The van der Waals surface area contributed by atoms with E-state index in [0.717, 1.165) is 6.42 Å². The van der Waals surface area contributed by atoms with Crippen molar-refractivity contribution in [1.29, 1.82) is 0 Å². The molecule has 0 aromatic rings. The molecule has 0 aliphatic carbocycles. The molecule has 0 heterocycles. The number of methoxy groups -OCH3 is 1. The van der Waals surface area contributed by atoms with Gasteiger partial charge in [-0.2, -0.15) is 0 Å². The molecule has 4 nitrogen and oxygen atoms in total. The van der Waals surface area contributed by atoms with E-state index in [1.54, 1.807) is 7.11 Å². The minimum atomic E-state index is -0.449. The fraction of sp³-hybridized carbons (Fsp3) is 0.875. The summed E-state index contributed by atoms with van der Waals surface area (Å²) in [5.74, 6) is -0.390. The van der Waals surface area contributed by atoms with Gasteiger partial charge >= 0.3 is 0 Å². The monoisotopic (exact) mass is 174 g/mol. The lowest BCUT2D eigenvalue weighted by molar-refractivity contribution is -0.120.